The van der Waals surface area contributed by atoms with Gasteiger partial charge in [0.25, 0.3) is 0 Å². The van der Waals surface area contributed by atoms with Gasteiger partial charge in [0.15, 0.2) is 0 Å². The molecule has 0 amide bonds. The Morgan fingerprint density at radius 3 is 1.20 bits per heavy atom. The van der Waals surface area contributed by atoms with Crippen LogP contribution in [0.2, 0.25) is 0 Å². The molecule has 8 rings (SSSR count). The first-order chi connectivity index (χ1) is 41.8. The van der Waals surface area contributed by atoms with Gasteiger partial charge in [-0.15, -0.1) is 0 Å². The van der Waals surface area contributed by atoms with Gasteiger partial charge in [-0.1, -0.05) is 158 Å². The van der Waals surface area contributed by atoms with Crippen molar-refractivity contribution in [3.05, 3.63) is 279 Å². The Bertz CT molecular complexity index is 3710. The predicted molar refractivity (Wildman–Crippen MR) is 332 cm³/mol. The van der Waals surface area contributed by atoms with E-state index in [1.165, 1.54) is 35.9 Å². The highest BCUT2D eigenvalue weighted by molar-refractivity contribution is 9.10. The number of nitrogens with one attached hydrogen (secondary N) is 2. The zero-order valence-corrected chi connectivity index (χ0v) is 52.1. The molecular weight excluding hydrogens is 1280 g/mol. The Kier molecular flexibility index (Phi) is 24.2. The maximum atomic E-state index is 15.2. The van der Waals surface area contributed by atoms with Gasteiger partial charge in [0, 0.05) is 17.7 Å². The van der Waals surface area contributed by atoms with Crippen molar-refractivity contribution in [3.8, 4) is 11.5 Å². The first kappa shape index (κ1) is 70.8. The number of rotatable bonds is 21. The highest BCUT2D eigenvalue weighted by atomic mass is 79.9. The van der Waals surface area contributed by atoms with Crippen LogP contribution < -0.4 is 18.9 Å². The average molecular weight is 1340 g/mol. The minimum atomic E-state index is -4.90. The van der Waals surface area contributed by atoms with Crippen molar-refractivity contribution in [1.82, 2.24) is 9.44 Å². The summed E-state index contributed by atoms with van der Waals surface area (Å²) in [7, 11) is -3.68. The van der Waals surface area contributed by atoms with E-state index in [1.54, 1.807) is 114 Å². The molecule has 0 heterocycles. The van der Waals surface area contributed by atoms with E-state index >= 15 is 8.78 Å². The zero-order valence-electron chi connectivity index (χ0n) is 48.8. The fourth-order valence-corrected chi connectivity index (χ4v) is 10.9. The standard InChI is InChI=1S/C34H31F6NO2S.C26H24BrF6NO2S.C8H8/c1-32(2,3)44(42)41-33(22-24-12-8-5-9-13-24,27-19-28(35)21-29(20-27)43-34(39,40)31(37)38)26-16-17-30(36)25(18-26)15-14-23-10-6-4-7-11-23;1-24(2,3)37(35)34-25(15-16-7-5-4-6-8-16,17-9-10-22(29)21(27)13-17)18-11-19(28)14-20(12-18)36-26(32,33)23(30)31;1-2-8-6-4-3-5-7-8/h4-21,31,41H,22H2,1-3H3;4-14,23,34H,15H2,1-3H3;2-7H,1H2/b15-14+;;/t33-,44-;25-,37-;/m11./s1. The molecule has 2 N–H and O–H groups in total. The van der Waals surface area contributed by atoms with Crippen LogP contribution in [0.25, 0.3) is 18.2 Å². The van der Waals surface area contributed by atoms with Crippen molar-refractivity contribution in [1.29, 1.82) is 0 Å². The maximum absolute atomic E-state index is 15.2. The highest BCUT2D eigenvalue weighted by Crippen LogP contribution is 2.42. The van der Waals surface area contributed by atoms with E-state index < -0.39 is 102 Å². The summed E-state index contributed by atoms with van der Waals surface area (Å²) in [5.74, 6) is -5.02. The van der Waals surface area contributed by atoms with E-state index in [0.717, 1.165) is 35.9 Å². The van der Waals surface area contributed by atoms with Crippen LogP contribution in [-0.2, 0) is 45.9 Å². The van der Waals surface area contributed by atoms with Crippen LogP contribution in [-0.4, -0.2) is 43.0 Å². The number of alkyl halides is 8. The van der Waals surface area contributed by atoms with Crippen LogP contribution in [0.4, 0.5) is 52.7 Å². The molecule has 4 atom stereocenters. The van der Waals surface area contributed by atoms with Gasteiger partial charge in [-0.3, -0.25) is 0 Å². The summed E-state index contributed by atoms with van der Waals surface area (Å²) in [6.45, 7) is 13.8. The molecule has 8 aromatic carbocycles. The lowest BCUT2D eigenvalue weighted by Crippen LogP contribution is -2.50. The van der Waals surface area contributed by atoms with Gasteiger partial charge in [0.1, 0.15) is 34.8 Å². The topological polar surface area (TPSA) is 76.7 Å². The molecule has 0 aliphatic carbocycles. The lowest BCUT2D eigenvalue weighted by Gasteiger charge is -2.38. The van der Waals surface area contributed by atoms with E-state index in [9.17, 15) is 52.3 Å². The van der Waals surface area contributed by atoms with Gasteiger partial charge in [-0.25, -0.2) is 35.4 Å². The average Bonchev–Trinajstić information content (AvgIpc) is 1.62. The Balaban J connectivity index is 0.000000254. The second kappa shape index (κ2) is 30.5. The number of halogens is 13. The molecule has 472 valence electrons. The van der Waals surface area contributed by atoms with Gasteiger partial charge in [0.05, 0.1) is 47.0 Å². The highest BCUT2D eigenvalue weighted by Gasteiger charge is 2.47. The van der Waals surface area contributed by atoms with Crippen LogP contribution in [0.15, 0.2) is 205 Å². The minimum absolute atomic E-state index is 0.00185. The van der Waals surface area contributed by atoms with Gasteiger partial charge in [0.2, 0.25) is 0 Å². The molecule has 0 unspecified atom stereocenters. The summed E-state index contributed by atoms with van der Waals surface area (Å²) in [4.78, 5) is 0. The van der Waals surface area contributed by atoms with Crippen molar-refractivity contribution >= 4 is 56.1 Å². The minimum Gasteiger partial charge on any atom is -0.428 e. The molecule has 0 saturated carbocycles. The van der Waals surface area contributed by atoms with Gasteiger partial charge >= 0.3 is 25.1 Å². The van der Waals surface area contributed by atoms with E-state index in [0.29, 0.717) is 34.4 Å². The quantitative estimate of drug-likeness (QED) is 0.0555. The van der Waals surface area contributed by atoms with Crippen LogP contribution in [0.1, 0.15) is 91.6 Å². The van der Waals surface area contributed by atoms with Crippen molar-refractivity contribution in [2.75, 3.05) is 0 Å². The van der Waals surface area contributed by atoms with Gasteiger partial charge in [-0.05, 0) is 163 Å². The second-order valence-electron chi connectivity index (χ2n) is 22.1. The molecule has 0 aromatic heterocycles. The summed E-state index contributed by atoms with van der Waals surface area (Å²) in [5, 5.41) is 0. The van der Waals surface area contributed by atoms with Gasteiger partial charge in [-0.2, -0.15) is 35.1 Å². The van der Waals surface area contributed by atoms with E-state index in [-0.39, 0.29) is 34.0 Å². The van der Waals surface area contributed by atoms with Crippen LogP contribution in [0, 0.1) is 23.3 Å². The van der Waals surface area contributed by atoms with Crippen molar-refractivity contribution in [2.45, 2.75) is 100 Å². The Hall–Kier alpha value is -7.30. The molecule has 0 radical (unpaired) electrons. The summed E-state index contributed by atoms with van der Waals surface area (Å²) < 4.78 is 206. The SMILES string of the molecule is C=Cc1ccccc1.CC(C)(C)[S@@](=O)N[C@@](Cc1ccccc1)(c1cc(F)cc(OC(F)(F)C(F)F)c1)c1ccc(F)c(/C=C/c2ccccc2)c1.CC(C)(C)[S@@](=O)N[C@@](Cc1ccccc1)(c1cc(F)cc(OC(F)(F)C(F)F)c1)c1ccc(F)c(Br)c1. The molecule has 0 saturated heterocycles. The smallest absolute Gasteiger partial charge is 0.428 e. The number of ether oxygens (including phenoxy) is 2. The van der Waals surface area contributed by atoms with Crippen molar-refractivity contribution in [2.24, 2.45) is 0 Å². The van der Waals surface area contributed by atoms with Crippen molar-refractivity contribution in [3.63, 3.8) is 0 Å². The fourth-order valence-electron chi connectivity index (χ4n) is 8.65. The molecular formula is C68H63BrF12N2O4S2. The molecule has 0 bridgehead atoms. The normalized spacial score (nSPS) is 14.1. The number of hydrogen-bond donors (Lipinski definition) is 2. The monoisotopic (exact) mass is 1340 g/mol. The van der Waals surface area contributed by atoms with E-state index in [4.69, 9.17) is 0 Å². The van der Waals surface area contributed by atoms with Crippen LogP contribution in [0.3, 0.4) is 0 Å². The third-order valence-electron chi connectivity index (χ3n) is 13.2. The third kappa shape index (κ3) is 19.6. The summed E-state index contributed by atoms with van der Waals surface area (Å²) >= 11 is 3.13. The molecule has 0 aliphatic rings. The first-order valence-corrected chi connectivity index (χ1v) is 30.3. The summed E-state index contributed by atoms with van der Waals surface area (Å²) in [5.41, 5.74) is 0.718. The van der Waals surface area contributed by atoms with Crippen molar-refractivity contribution < 1.29 is 70.6 Å². The van der Waals surface area contributed by atoms with Gasteiger partial charge < -0.3 is 9.47 Å². The zero-order chi connectivity index (χ0) is 65.5. The molecule has 8 aromatic rings. The molecule has 0 spiro atoms. The van der Waals surface area contributed by atoms with E-state index in [2.05, 4.69) is 41.4 Å². The Labute approximate surface area is 523 Å². The van der Waals surface area contributed by atoms with Crippen LogP contribution in [0.5, 0.6) is 11.5 Å². The van der Waals surface area contributed by atoms with Crippen LogP contribution >= 0.6 is 15.9 Å². The molecule has 89 heavy (non-hydrogen) atoms. The fraction of sp³-hybridized carbons (Fsp3) is 0.235. The molecule has 0 aliphatic heterocycles. The molecule has 6 nitrogen and oxygen atoms in total. The lowest BCUT2D eigenvalue weighted by molar-refractivity contribution is -0.253. The Morgan fingerprint density at radius 1 is 0.472 bits per heavy atom. The number of hydrogen-bond acceptors (Lipinski definition) is 4. The largest absolute Gasteiger partial charge is 0.461 e. The number of benzene rings is 8. The predicted octanol–water partition coefficient (Wildman–Crippen LogP) is 18.7. The molecule has 21 heteroatoms. The maximum Gasteiger partial charge on any atom is 0.461 e. The first-order valence-electron chi connectivity index (χ1n) is 27.2. The third-order valence-corrected chi connectivity index (χ3v) is 17.1. The van der Waals surface area contributed by atoms with E-state index in [1.807, 2.05) is 66.7 Å². The Morgan fingerprint density at radius 2 is 0.843 bits per heavy atom. The second-order valence-corrected chi connectivity index (χ2v) is 26.9. The lowest BCUT2D eigenvalue weighted by atomic mass is 9.78. The molecule has 0 fully saturated rings. The summed E-state index contributed by atoms with van der Waals surface area (Å²) in [6.07, 6.45) is -13.1. The summed E-state index contributed by atoms with van der Waals surface area (Å²) in [6, 6.07) is 49.9.